The van der Waals surface area contributed by atoms with Gasteiger partial charge in [-0.25, -0.2) is 0 Å². The molecule has 3 rings (SSSR count). The van der Waals surface area contributed by atoms with Crippen molar-refractivity contribution in [3.05, 3.63) is 64.6 Å². The van der Waals surface area contributed by atoms with Crippen molar-refractivity contribution in [2.45, 2.75) is 12.3 Å². The maximum absolute atomic E-state index is 12.2. The number of carbonyl (C=O) groups is 3. The second-order valence-corrected chi connectivity index (χ2v) is 6.86. The molecule has 0 saturated heterocycles. The van der Waals surface area contributed by atoms with Gasteiger partial charge < -0.3 is 25.0 Å². The van der Waals surface area contributed by atoms with Crippen molar-refractivity contribution in [2.75, 3.05) is 11.1 Å². The first-order valence-corrected chi connectivity index (χ1v) is 9.18. The Morgan fingerprint density at radius 3 is 2.68 bits per heavy atom. The second kappa shape index (κ2) is 8.45. The maximum Gasteiger partial charge on any atom is 0.234 e. The molecule has 8 nitrogen and oxygen atoms in total. The first-order chi connectivity index (χ1) is 13.5. The van der Waals surface area contributed by atoms with Gasteiger partial charge >= 0.3 is 0 Å². The van der Waals surface area contributed by atoms with Gasteiger partial charge in [-0.15, -0.1) is 0 Å². The molecule has 142 valence electrons. The molecule has 2 amide bonds. The highest BCUT2D eigenvalue weighted by Gasteiger charge is 2.31. The molecule has 1 aromatic carbocycles. The van der Waals surface area contributed by atoms with E-state index in [1.54, 1.807) is 12.1 Å². The zero-order valence-electron chi connectivity index (χ0n) is 14.4. The second-order valence-electron chi connectivity index (χ2n) is 5.88. The molecule has 28 heavy (non-hydrogen) atoms. The number of nitrogens with one attached hydrogen (secondary N) is 2. The average Bonchev–Trinajstić information content (AvgIpc) is 3.21. The van der Waals surface area contributed by atoms with Crippen LogP contribution in [0.2, 0.25) is 0 Å². The fraction of sp³-hybridized carbons (Fsp3) is 0.158. The Kier molecular flexibility index (Phi) is 5.81. The van der Waals surface area contributed by atoms with Crippen LogP contribution in [0, 0.1) is 11.3 Å². The van der Waals surface area contributed by atoms with Crippen molar-refractivity contribution in [3.63, 3.8) is 0 Å². The molecule has 1 atom stereocenters. The lowest BCUT2D eigenvalue weighted by Gasteiger charge is -2.23. The minimum Gasteiger partial charge on any atom is -0.545 e. The molecule has 0 unspecified atom stereocenters. The molecule has 9 heteroatoms. The van der Waals surface area contributed by atoms with Crippen LogP contribution >= 0.6 is 11.8 Å². The van der Waals surface area contributed by atoms with Gasteiger partial charge in [0.15, 0.2) is 0 Å². The van der Waals surface area contributed by atoms with Gasteiger partial charge in [-0.3, -0.25) is 9.59 Å². The van der Waals surface area contributed by atoms with E-state index in [1.807, 2.05) is 0 Å². The molecule has 2 aromatic rings. The number of aromatic carboxylic acids is 1. The summed E-state index contributed by atoms with van der Waals surface area (Å²) in [6.45, 7) is 0. The number of allylic oxidation sites excluding steroid dienone is 1. The van der Waals surface area contributed by atoms with E-state index in [0.717, 1.165) is 11.8 Å². The summed E-state index contributed by atoms with van der Waals surface area (Å²) in [7, 11) is 0. The number of hydrogen-bond acceptors (Lipinski definition) is 7. The number of benzene rings is 1. The van der Waals surface area contributed by atoms with Crippen LogP contribution in [0.3, 0.4) is 0 Å². The van der Waals surface area contributed by atoms with Crippen molar-refractivity contribution in [1.82, 2.24) is 5.32 Å². The summed E-state index contributed by atoms with van der Waals surface area (Å²) in [6, 6.07) is 11.0. The van der Waals surface area contributed by atoms with Crippen molar-refractivity contribution in [2.24, 2.45) is 0 Å². The van der Waals surface area contributed by atoms with Gasteiger partial charge in [0.05, 0.1) is 40.6 Å². The van der Waals surface area contributed by atoms with E-state index in [0.29, 0.717) is 22.0 Å². The number of amides is 2. The van der Waals surface area contributed by atoms with Crippen LogP contribution in [0.5, 0.6) is 0 Å². The predicted molar refractivity (Wildman–Crippen MR) is 98.7 cm³/mol. The number of anilines is 1. The van der Waals surface area contributed by atoms with Crippen LogP contribution in [0.15, 0.2) is 57.7 Å². The average molecular weight is 396 g/mol. The van der Waals surface area contributed by atoms with Crippen molar-refractivity contribution < 1.29 is 23.9 Å². The van der Waals surface area contributed by atoms with Crippen molar-refractivity contribution in [1.29, 1.82) is 5.26 Å². The molecular formula is C19H14N3O5S-. The van der Waals surface area contributed by atoms with E-state index in [9.17, 15) is 24.8 Å². The van der Waals surface area contributed by atoms with Gasteiger partial charge in [0, 0.05) is 12.1 Å². The largest absolute Gasteiger partial charge is 0.545 e. The molecule has 0 bridgehead atoms. The van der Waals surface area contributed by atoms with Crippen LogP contribution in [-0.2, 0) is 9.59 Å². The molecule has 0 radical (unpaired) electrons. The van der Waals surface area contributed by atoms with E-state index in [1.165, 1.54) is 30.5 Å². The summed E-state index contributed by atoms with van der Waals surface area (Å²) in [4.78, 5) is 34.9. The normalized spacial score (nSPS) is 16.2. The molecule has 0 fully saturated rings. The number of nitrogens with zero attached hydrogens (tertiary/aromatic N) is 1. The summed E-state index contributed by atoms with van der Waals surface area (Å²) in [5.41, 5.74) is 0.766. The highest BCUT2D eigenvalue weighted by molar-refractivity contribution is 8.03. The number of hydrogen-bond donors (Lipinski definition) is 2. The summed E-state index contributed by atoms with van der Waals surface area (Å²) in [6.07, 6.45) is 1.57. The first-order valence-electron chi connectivity index (χ1n) is 8.19. The fourth-order valence-electron chi connectivity index (χ4n) is 2.69. The van der Waals surface area contributed by atoms with Crippen LogP contribution in [-0.4, -0.2) is 23.5 Å². The van der Waals surface area contributed by atoms with Crippen LogP contribution in [0.4, 0.5) is 5.69 Å². The topological polar surface area (TPSA) is 135 Å². The predicted octanol–water partition coefficient (Wildman–Crippen LogP) is 1.35. The Balaban J connectivity index is 1.67. The van der Waals surface area contributed by atoms with Crippen molar-refractivity contribution >= 4 is 35.2 Å². The molecule has 0 aliphatic carbocycles. The smallest absolute Gasteiger partial charge is 0.234 e. The highest BCUT2D eigenvalue weighted by atomic mass is 32.2. The SMILES string of the molecule is N#CC1=C(SCC(=O)Nc2ccc(C(=O)[O-])cc2)NC(=O)C[C@H]1c1ccco1. The van der Waals surface area contributed by atoms with Crippen molar-refractivity contribution in [3.8, 4) is 6.07 Å². The summed E-state index contributed by atoms with van der Waals surface area (Å²) in [5.74, 6) is -1.96. The third-order valence-electron chi connectivity index (χ3n) is 3.99. The van der Waals surface area contributed by atoms with Crippen LogP contribution in [0.1, 0.15) is 28.5 Å². The Labute approximate surface area is 164 Å². The third-order valence-corrected chi connectivity index (χ3v) is 5.01. The Morgan fingerprint density at radius 2 is 2.07 bits per heavy atom. The Bertz CT molecular complexity index is 974. The van der Waals surface area contributed by atoms with E-state index >= 15 is 0 Å². The number of carbonyl (C=O) groups excluding carboxylic acids is 3. The third kappa shape index (κ3) is 4.42. The molecular weight excluding hydrogens is 382 g/mol. The summed E-state index contributed by atoms with van der Waals surface area (Å²) < 4.78 is 5.33. The zero-order valence-corrected chi connectivity index (χ0v) is 15.2. The van der Waals surface area contributed by atoms with Gasteiger partial charge in [-0.2, -0.15) is 5.26 Å². The number of rotatable bonds is 6. The van der Waals surface area contributed by atoms with Gasteiger partial charge in [-0.1, -0.05) is 23.9 Å². The van der Waals surface area contributed by atoms with Gasteiger partial charge in [0.1, 0.15) is 5.76 Å². The lowest BCUT2D eigenvalue weighted by Crippen LogP contribution is -2.31. The Hall–Kier alpha value is -3.51. The monoisotopic (exact) mass is 396 g/mol. The number of furan rings is 1. The van der Waals surface area contributed by atoms with E-state index in [2.05, 4.69) is 16.7 Å². The summed E-state index contributed by atoms with van der Waals surface area (Å²) >= 11 is 1.04. The standard InChI is InChI=1S/C19H15N3O5S/c20-9-14-13(15-2-1-7-27-15)8-16(23)22-18(14)28-10-17(24)21-12-5-3-11(4-6-12)19(25)26/h1-7,13H,8,10H2,(H,21,24)(H,22,23)(H,25,26)/p-1/t13-/m1/s1. The quantitative estimate of drug-likeness (QED) is 0.752. The van der Waals surface area contributed by atoms with E-state index < -0.39 is 11.9 Å². The van der Waals surface area contributed by atoms with Gasteiger partial charge in [0.25, 0.3) is 0 Å². The maximum atomic E-state index is 12.2. The number of thioether (sulfide) groups is 1. The van der Waals surface area contributed by atoms with Gasteiger partial charge in [0.2, 0.25) is 11.8 Å². The number of nitriles is 1. The molecule has 0 saturated carbocycles. The lowest BCUT2D eigenvalue weighted by molar-refractivity contribution is -0.255. The minimum atomic E-state index is -1.30. The first kappa shape index (κ1) is 19.3. The fourth-order valence-corrected chi connectivity index (χ4v) is 3.57. The molecule has 1 aromatic heterocycles. The van der Waals surface area contributed by atoms with E-state index in [-0.39, 0.29) is 29.6 Å². The number of carboxylic acids is 1. The summed E-state index contributed by atoms with van der Waals surface area (Å²) in [5, 5.41) is 25.8. The highest BCUT2D eigenvalue weighted by Crippen LogP contribution is 2.36. The van der Waals surface area contributed by atoms with Gasteiger partial charge in [-0.05, 0) is 29.8 Å². The van der Waals surface area contributed by atoms with E-state index in [4.69, 9.17) is 4.42 Å². The van der Waals surface area contributed by atoms with Crippen LogP contribution < -0.4 is 15.7 Å². The minimum absolute atomic E-state index is 0.00470. The molecule has 2 N–H and O–H groups in total. The Morgan fingerprint density at radius 1 is 1.32 bits per heavy atom. The molecule has 1 aliphatic heterocycles. The molecule has 2 heterocycles. The zero-order chi connectivity index (χ0) is 20.1. The van der Waals surface area contributed by atoms with Crippen LogP contribution in [0.25, 0.3) is 0 Å². The lowest BCUT2D eigenvalue weighted by atomic mass is 9.92. The molecule has 0 spiro atoms. The number of carboxylic acid groups (broad SMARTS) is 1. The molecule has 1 aliphatic rings.